The molecule has 3 aromatic rings. The SMILES string of the molecule is Nc1nc(N)nc(-c2cccc(-c3ccccn3)n2)n1. The molecule has 4 N–H and O–H groups in total. The van der Waals surface area contributed by atoms with Crippen LogP contribution < -0.4 is 11.5 Å². The van der Waals surface area contributed by atoms with E-state index in [0.717, 1.165) is 11.4 Å². The van der Waals surface area contributed by atoms with Crippen LogP contribution in [0.25, 0.3) is 22.9 Å². The van der Waals surface area contributed by atoms with Gasteiger partial charge in [0.25, 0.3) is 0 Å². The third-order valence-corrected chi connectivity index (χ3v) is 2.58. The topological polar surface area (TPSA) is 116 Å². The second-order valence-corrected chi connectivity index (χ2v) is 4.00. The Labute approximate surface area is 114 Å². The molecule has 0 saturated heterocycles. The lowest BCUT2D eigenvalue weighted by molar-refractivity contribution is 1.07. The summed E-state index contributed by atoms with van der Waals surface area (Å²) < 4.78 is 0. The van der Waals surface area contributed by atoms with Crippen molar-refractivity contribution in [2.45, 2.75) is 0 Å². The third kappa shape index (κ3) is 2.37. The van der Waals surface area contributed by atoms with Crippen molar-refractivity contribution < 1.29 is 0 Å². The van der Waals surface area contributed by atoms with Gasteiger partial charge in [-0.2, -0.15) is 15.0 Å². The number of pyridine rings is 2. The van der Waals surface area contributed by atoms with Crippen molar-refractivity contribution >= 4 is 11.9 Å². The maximum absolute atomic E-state index is 5.56. The summed E-state index contributed by atoms with van der Waals surface area (Å²) in [5.41, 5.74) is 13.2. The number of rotatable bonds is 2. The molecule has 0 bridgehead atoms. The summed E-state index contributed by atoms with van der Waals surface area (Å²) in [7, 11) is 0. The Bertz CT molecular complexity index is 722. The summed E-state index contributed by atoms with van der Waals surface area (Å²) in [5, 5.41) is 0. The number of nitrogens with two attached hydrogens (primary N) is 2. The van der Waals surface area contributed by atoms with Crippen molar-refractivity contribution in [3.8, 4) is 22.9 Å². The van der Waals surface area contributed by atoms with Gasteiger partial charge in [-0.25, -0.2) is 4.98 Å². The van der Waals surface area contributed by atoms with Crippen LogP contribution in [0.3, 0.4) is 0 Å². The highest BCUT2D eigenvalue weighted by atomic mass is 15.1. The Kier molecular flexibility index (Phi) is 2.92. The highest BCUT2D eigenvalue weighted by molar-refractivity contribution is 5.60. The quantitative estimate of drug-likeness (QED) is 0.714. The van der Waals surface area contributed by atoms with Crippen LogP contribution in [0.4, 0.5) is 11.9 Å². The normalized spacial score (nSPS) is 10.4. The summed E-state index contributed by atoms with van der Waals surface area (Å²) in [6.07, 6.45) is 1.71. The van der Waals surface area contributed by atoms with E-state index in [2.05, 4.69) is 24.9 Å². The molecule has 0 aliphatic heterocycles. The first-order valence-electron chi connectivity index (χ1n) is 5.88. The fourth-order valence-electron chi connectivity index (χ4n) is 1.74. The minimum Gasteiger partial charge on any atom is -0.368 e. The number of nitrogens with zero attached hydrogens (tertiary/aromatic N) is 5. The van der Waals surface area contributed by atoms with Crippen LogP contribution in [0.1, 0.15) is 0 Å². The predicted octanol–water partition coefficient (Wildman–Crippen LogP) is 1.16. The van der Waals surface area contributed by atoms with Gasteiger partial charge >= 0.3 is 0 Å². The van der Waals surface area contributed by atoms with Crippen LogP contribution in [0.15, 0.2) is 42.6 Å². The van der Waals surface area contributed by atoms with Gasteiger partial charge in [0, 0.05) is 6.20 Å². The van der Waals surface area contributed by atoms with Gasteiger partial charge in [-0.1, -0.05) is 12.1 Å². The molecule has 7 heteroatoms. The molecular weight excluding hydrogens is 254 g/mol. The monoisotopic (exact) mass is 265 g/mol. The first-order chi connectivity index (χ1) is 9.72. The van der Waals surface area contributed by atoms with Crippen LogP contribution in [0.5, 0.6) is 0 Å². The van der Waals surface area contributed by atoms with Gasteiger partial charge in [0.05, 0.1) is 11.4 Å². The van der Waals surface area contributed by atoms with Crippen LogP contribution in [-0.4, -0.2) is 24.9 Å². The maximum atomic E-state index is 5.56. The van der Waals surface area contributed by atoms with Crippen LogP contribution in [0, 0.1) is 0 Å². The first-order valence-corrected chi connectivity index (χ1v) is 5.88. The molecular formula is C13H11N7. The zero-order chi connectivity index (χ0) is 13.9. The van der Waals surface area contributed by atoms with Gasteiger partial charge in [-0.15, -0.1) is 0 Å². The van der Waals surface area contributed by atoms with Gasteiger partial charge in [0.2, 0.25) is 11.9 Å². The second-order valence-electron chi connectivity index (χ2n) is 4.00. The molecule has 0 atom stereocenters. The third-order valence-electron chi connectivity index (χ3n) is 2.58. The van der Waals surface area contributed by atoms with Crippen molar-refractivity contribution in [1.29, 1.82) is 0 Å². The zero-order valence-electron chi connectivity index (χ0n) is 10.4. The van der Waals surface area contributed by atoms with E-state index in [1.807, 2.05) is 30.3 Å². The predicted molar refractivity (Wildman–Crippen MR) is 75.1 cm³/mol. The molecule has 0 spiro atoms. The van der Waals surface area contributed by atoms with Gasteiger partial charge in [-0.05, 0) is 24.3 Å². The molecule has 0 aromatic carbocycles. The van der Waals surface area contributed by atoms with Gasteiger partial charge < -0.3 is 11.5 Å². The number of nitrogen functional groups attached to an aromatic ring is 2. The average molecular weight is 265 g/mol. The average Bonchev–Trinajstić information content (AvgIpc) is 2.47. The van der Waals surface area contributed by atoms with Gasteiger partial charge in [0.1, 0.15) is 5.69 Å². The highest BCUT2D eigenvalue weighted by Gasteiger charge is 2.08. The Morgan fingerprint density at radius 3 is 2.05 bits per heavy atom. The van der Waals surface area contributed by atoms with E-state index in [9.17, 15) is 0 Å². The van der Waals surface area contributed by atoms with Crippen molar-refractivity contribution in [2.75, 3.05) is 11.5 Å². The van der Waals surface area contributed by atoms with Crippen molar-refractivity contribution in [2.24, 2.45) is 0 Å². The molecule has 7 nitrogen and oxygen atoms in total. The summed E-state index contributed by atoms with van der Waals surface area (Å²) in [6.45, 7) is 0. The number of hydrogen-bond acceptors (Lipinski definition) is 7. The molecule has 0 radical (unpaired) electrons. The summed E-state index contributed by atoms with van der Waals surface area (Å²) in [6, 6.07) is 11.1. The number of anilines is 2. The van der Waals surface area contributed by atoms with E-state index in [1.165, 1.54) is 0 Å². The van der Waals surface area contributed by atoms with E-state index in [1.54, 1.807) is 12.3 Å². The van der Waals surface area contributed by atoms with E-state index in [4.69, 9.17) is 11.5 Å². The molecule has 0 amide bonds. The Morgan fingerprint density at radius 2 is 1.35 bits per heavy atom. The maximum Gasteiger partial charge on any atom is 0.225 e. The lowest BCUT2D eigenvalue weighted by atomic mass is 10.2. The van der Waals surface area contributed by atoms with Gasteiger partial charge in [-0.3, -0.25) is 4.98 Å². The lowest BCUT2D eigenvalue weighted by Crippen LogP contribution is -2.05. The van der Waals surface area contributed by atoms with Gasteiger partial charge in [0.15, 0.2) is 5.82 Å². The summed E-state index contributed by atoms with van der Waals surface area (Å²) in [5.74, 6) is 0.475. The Morgan fingerprint density at radius 1 is 0.650 bits per heavy atom. The number of aromatic nitrogens is 5. The Balaban J connectivity index is 2.07. The largest absolute Gasteiger partial charge is 0.368 e. The van der Waals surface area contributed by atoms with E-state index >= 15 is 0 Å². The molecule has 0 aliphatic carbocycles. The molecule has 0 unspecified atom stereocenters. The standard InChI is InChI=1S/C13H11N7/c14-12-18-11(19-13(15)20-12)10-6-3-5-9(17-10)8-4-1-2-7-16-8/h1-7H,(H4,14,15,18,19,20). The molecule has 98 valence electrons. The summed E-state index contributed by atoms with van der Waals surface area (Å²) >= 11 is 0. The van der Waals surface area contributed by atoms with Crippen molar-refractivity contribution in [3.05, 3.63) is 42.6 Å². The highest BCUT2D eigenvalue weighted by Crippen LogP contribution is 2.19. The fourth-order valence-corrected chi connectivity index (χ4v) is 1.74. The molecule has 20 heavy (non-hydrogen) atoms. The molecule has 3 rings (SSSR count). The zero-order valence-corrected chi connectivity index (χ0v) is 10.4. The first kappa shape index (κ1) is 12.0. The molecule has 0 saturated carbocycles. The summed E-state index contributed by atoms with van der Waals surface area (Å²) in [4.78, 5) is 20.5. The fraction of sp³-hybridized carbons (Fsp3) is 0. The van der Waals surface area contributed by atoms with Crippen LogP contribution >= 0.6 is 0 Å². The van der Waals surface area contributed by atoms with Crippen molar-refractivity contribution in [1.82, 2.24) is 24.9 Å². The lowest BCUT2D eigenvalue weighted by Gasteiger charge is -2.04. The molecule has 0 fully saturated rings. The van der Waals surface area contributed by atoms with Crippen LogP contribution in [0.2, 0.25) is 0 Å². The smallest absolute Gasteiger partial charge is 0.225 e. The molecule has 3 heterocycles. The minimum absolute atomic E-state index is 0.0672. The van der Waals surface area contributed by atoms with Crippen molar-refractivity contribution in [3.63, 3.8) is 0 Å². The van der Waals surface area contributed by atoms with E-state index in [-0.39, 0.29) is 11.9 Å². The Hall–Kier alpha value is -3.09. The molecule has 0 aliphatic rings. The second kappa shape index (κ2) is 4.88. The number of hydrogen-bond donors (Lipinski definition) is 2. The molecule has 3 aromatic heterocycles. The van der Waals surface area contributed by atoms with E-state index < -0.39 is 0 Å². The minimum atomic E-state index is 0.0672. The van der Waals surface area contributed by atoms with Crippen LogP contribution in [-0.2, 0) is 0 Å². The van der Waals surface area contributed by atoms with E-state index in [0.29, 0.717) is 11.5 Å².